The Bertz CT molecular complexity index is 1020. The molecule has 0 spiro atoms. The number of likely N-dealkylation sites (tertiary alicyclic amines) is 2. The van der Waals surface area contributed by atoms with Crippen LogP contribution in [0.5, 0.6) is 0 Å². The van der Waals surface area contributed by atoms with Crippen LogP contribution in [-0.4, -0.2) is 93.1 Å². The second kappa shape index (κ2) is 21.3. The van der Waals surface area contributed by atoms with Gasteiger partial charge in [0, 0.05) is 45.1 Å². The molecule has 2 aromatic carbocycles. The van der Waals surface area contributed by atoms with Crippen LogP contribution in [0.1, 0.15) is 57.1 Å². The predicted octanol–water partition coefficient (Wildman–Crippen LogP) is 5.59. The minimum Gasteiger partial charge on any atom is -0.445 e. The van der Waals surface area contributed by atoms with Gasteiger partial charge in [-0.3, -0.25) is 4.79 Å². The number of carbonyl (C=O) groups is 3. The summed E-state index contributed by atoms with van der Waals surface area (Å²) in [5, 5.41) is 2.75. The van der Waals surface area contributed by atoms with E-state index >= 15 is 0 Å². The van der Waals surface area contributed by atoms with Crippen molar-refractivity contribution in [2.75, 3.05) is 54.4 Å². The van der Waals surface area contributed by atoms with Gasteiger partial charge in [0.1, 0.15) is 19.0 Å². The highest BCUT2D eigenvalue weighted by Crippen LogP contribution is 2.16. The Hall–Kier alpha value is -3.43. The fourth-order valence-corrected chi connectivity index (χ4v) is 4.55. The Morgan fingerprint density at radius 2 is 1.24 bits per heavy atom. The molecule has 1 atom stereocenters. The summed E-state index contributed by atoms with van der Waals surface area (Å²) in [5.74, 6) is 0.230. The molecule has 1 N–H and O–H groups in total. The molecular weight excluding hydrogens is 532 g/mol. The Morgan fingerprint density at radius 3 is 1.74 bits per heavy atom. The average molecular weight is 585 g/mol. The highest BCUT2D eigenvalue weighted by Gasteiger charge is 2.22. The largest absolute Gasteiger partial charge is 0.445 e. The molecule has 1 unspecified atom stereocenters. The third-order valence-electron chi connectivity index (χ3n) is 6.90. The zero-order valence-corrected chi connectivity index (χ0v) is 25.2. The van der Waals surface area contributed by atoms with Gasteiger partial charge in [-0.1, -0.05) is 68.1 Å². The lowest BCUT2D eigenvalue weighted by molar-refractivity contribution is -0.118. The summed E-state index contributed by atoms with van der Waals surface area (Å²) in [4.78, 5) is 40.9. The van der Waals surface area contributed by atoms with Gasteiger partial charge in [0.15, 0.2) is 0 Å². The lowest BCUT2D eigenvalue weighted by Gasteiger charge is -2.23. The quantitative estimate of drug-likeness (QED) is 0.490. The summed E-state index contributed by atoms with van der Waals surface area (Å²) in [6.07, 6.45) is 4.45. The molecule has 234 valence electrons. The molecule has 9 heteroatoms. The number of hydrogen-bond acceptors (Lipinski definition) is 7. The molecule has 0 aromatic heterocycles. The number of ether oxygens (including phenoxy) is 2. The smallest absolute Gasteiger partial charge is 0.410 e. The van der Waals surface area contributed by atoms with E-state index in [2.05, 4.69) is 24.3 Å². The maximum atomic E-state index is 12.1. The van der Waals surface area contributed by atoms with Crippen LogP contribution >= 0.6 is 0 Å². The van der Waals surface area contributed by atoms with Gasteiger partial charge in [0.25, 0.3) is 0 Å². The maximum absolute atomic E-state index is 12.1. The number of ketones is 1. The monoisotopic (exact) mass is 584 g/mol. The third-order valence-corrected chi connectivity index (χ3v) is 6.90. The summed E-state index contributed by atoms with van der Waals surface area (Å²) < 4.78 is 10.6. The van der Waals surface area contributed by atoms with Crippen LogP contribution in [0.4, 0.5) is 9.59 Å². The second-order valence-corrected chi connectivity index (χ2v) is 10.5. The van der Waals surface area contributed by atoms with Crippen LogP contribution in [0, 0.1) is 0 Å². The highest BCUT2D eigenvalue weighted by molar-refractivity contribution is 5.79. The lowest BCUT2D eigenvalue weighted by atomic mass is 10.1. The number of hydrogen-bond donors (Lipinski definition) is 1. The molecule has 2 aromatic rings. The first kappa shape index (κ1) is 36.6. The number of amides is 2. The summed E-state index contributed by atoms with van der Waals surface area (Å²) in [5.41, 5.74) is 2.00. The van der Waals surface area contributed by atoms with Crippen molar-refractivity contribution in [3.8, 4) is 0 Å². The third kappa shape index (κ3) is 14.5. The minimum absolute atomic E-state index is 0. The van der Waals surface area contributed by atoms with Crippen molar-refractivity contribution in [1.29, 1.82) is 0 Å². The molecule has 4 rings (SSSR count). The molecular formula is C33H52N4O5. The van der Waals surface area contributed by atoms with E-state index in [1.165, 1.54) is 0 Å². The second-order valence-electron chi connectivity index (χ2n) is 10.5. The number of carbonyl (C=O) groups excluding carboxylic acids is 3. The Morgan fingerprint density at radius 1 is 0.762 bits per heavy atom. The fraction of sp³-hybridized carbons (Fsp3) is 0.545. The van der Waals surface area contributed by atoms with Crippen LogP contribution in [-0.2, 0) is 27.5 Å². The minimum atomic E-state index is -0.325. The molecule has 0 radical (unpaired) electrons. The molecule has 2 aliphatic heterocycles. The van der Waals surface area contributed by atoms with Crippen molar-refractivity contribution in [3.05, 3.63) is 71.8 Å². The summed E-state index contributed by atoms with van der Waals surface area (Å²) >= 11 is 0. The van der Waals surface area contributed by atoms with Gasteiger partial charge in [0.2, 0.25) is 0 Å². The standard InChI is InChI=1S/C16H24N2O2.C14H17NO3.C2H7N.CH4/c1-17(2)15-9-6-11-18(12-10-15)16(19)20-13-14-7-4-3-5-8-14;16-13-7-4-9-15(10-8-13)14(17)18-11-12-5-2-1-3-6-12;1-3-2;/h3-5,7-8,15H,6,9-13H2,1-2H3;1-3,5-6H,4,7-11H2;3H,1-2H3;1H4. The van der Waals surface area contributed by atoms with Crippen LogP contribution in [0.3, 0.4) is 0 Å². The number of Topliss-reactive ketones (excluding diaryl/α,β-unsaturated/α-hetero) is 1. The first-order valence-electron chi connectivity index (χ1n) is 14.5. The Kier molecular flexibility index (Phi) is 18.6. The molecule has 2 fully saturated rings. The molecule has 9 nitrogen and oxygen atoms in total. The van der Waals surface area contributed by atoms with Gasteiger partial charge in [-0.2, -0.15) is 0 Å². The van der Waals surface area contributed by atoms with Gasteiger partial charge in [0.05, 0.1) is 0 Å². The first-order valence-corrected chi connectivity index (χ1v) is 14.5. The van der Waals surface area contributed by atoms with Crippen molar-refractivity contribution in [3.63, 3.8) is 0 Å². The lowest BCUT2D eigenvalue weighted by Crippen LogP contribution is -2.34. The Labute approximate surface area is 253 Å². The van der Waals surface area contributed by atoms with Gasteiger partial charge in [-0.15, -0.1) is 0 Å². The van der Waals surface area contributed by atoms with E-state index in [4.69, 9.17) is 9.47 Å². The number of benzene rings is 2. The van der Waals surface area contributed by atoms with Crippen molar-refractivity contribution in [1.82, 2.24) is 20.0 Å². The molecule has 0 aliphatic carbocycles. The average Bonchev–Trinajstić information content (AvgIpc) is 3.37. The van der Waals surface area contributed by atoms with Crippen LogP contribution in [0.15, 0.2) is 60.7 Å². The number of rotatable bonds is 5. The van der Waals surface area contributed by atoms with Crippen LogP contribution < -0.4 is 5.32 Å². The number of nitrogens with one attached hydrogen (secondary N) is 1. The van der Waals surface area contributed by atoms with Crippen LogP contribution in [0.2, 0.25) is 0 Å². The van der Waals surface area contributed by atoms with E-state index in [0.29, 0.717) is 38.6 Å². The van der Waals surface area contributed by atoms with Gasteiger partial charge >= 0.3 is 12.2 Å². The first-order chi connectivity index (χ1) is 19.8. The SMILES string of the molecule is C.CN(C)C1CCCN(C(=O)OCc2ccccc2)CC1.CNC.O=C1CCCN(C(=O)OCc2ccccc2)CC1. The topological polar surface area (TPSA) is 91.4 Å². The normalized spacial score (nSPS) is 16.8. The summed E-state index contributed by atoms with van der Waals surface area (Å²) in [6.45, 7) is 3.32. The van der Waals surface area contributed by atoms with E-state index in [9.17, 15) is 14.4 Å². The molecule has 0 saturated carbocycles. The maximum Gasteiger partial charge on any atom is 0.410 e. The van der Waals surface area contributed by atoms with Crippen molar-refractivity contribution in [2.45, 2.75) is 65.2 Å². The van der Waals surface area contributed by atoms with E-state index in [1.54, 1.807) is 4.90 Å². The van der Waals surface area contributed by atoms with Crippen molar-refractivity contribution < 1.29 is 23.9 Å². The summed E-state index contributed by atoms with van der Waals surface area (Å²) in [6, 6.07) is 20.0. The van der Waals surface area contributed by atoms with Crippen molar-refractivity contribution in [2.24, 2.45) is 0 Å². The fourth-order valence-electron chi connectivity index (χ4n) is 4.55. The molecule has 42 heavy (non-hydrogen) atoms. The highest BCUT2D eigenvalue weighted by atomic mass is 16.6. The van der Waals surface area contributed by atoms with Gasteiger partial charge in [-0.05, 0) is 65.0 Å². The van der Waals surface area contributed by atoms with E-state index in [0.717, 1.165) is 49.9 Å². The van der Waals surface area contributed by atoms with E-state index in [1.807, 2.05) is 79.7 Å². The predicted molar refractivity (Wildman–Crippen MR) is 168 cm³/mol. The van der Waals surface area contributed by atoms with Crippen LogP contribution in [0.25, 0.3) is 0 Å². The van der Waals surface area contributed by atoms with Crippen molar-refractivity contribution >= 4 is 18.0 Å². The molecule has 2 saturated heterocycles. The molecule has 2 aliphatic rings. The van der Waals surface area contributed by atoms with E-state index < -0.39 is 0 Å². The summed E-state index contributed by atoms with van der Waals surface area (Å²) in [7, 11) is 7.96. The zero-order chi connectivity index (χ0) is 29.9. The number of nitrogens with zero attached hydrogens (tertiary/aromatic N) is 3. The molecule has 2 amide bonds. The molecule has 2 heterocycles. The van der Waals surface area contributed by atoms with E-state index in [-0.39, 0.29) is 32.0 Å². The van der Waals surface area contributed by atoms with Gasteiger partial charge in [-0.25, -0.2) is 9.59 Å². The zero-order valence-electron chi connectivity index (χ0n) is 25.2. The Balaban J connectivity index is 0.000000377. The molecule has 0 bridgehead atoms. The van der Waals surface area contributed by atoms with Gasteiger partial charge < -0.3 is 29.5 Å².